The first-order chi connectivity index (χ1) is 19.8. The van der Waals surface area contributed by atoms with E-state index in [1.54, 1.807) is 24.0 Å². The molecule has 0 atom stereocenters. The number of benzene rings is 1. The average molecular weight is 570 g/mol. The second kappa shape index (κ2) is 10.7. The van der Waals surface area contributed by atoms with Gasteiger partial charge < -0.3 is 9.47 Å². The Kier molecular flexibility index (Phi) is 7.01. The van der Waals surface area contributed by atoms with E-state index in [2.05, 4.69) is 20.5 Å². The van der Waals surface area contributed by atoms with Gasteiger partial charge in [-0.2, -0.15) is 10.4 Å². The first kappa shape index (κ1) is 27.0. The molecule has 1 aliphatic rings. The van der Waals surface area contributed by atoms with Gasteiger partial charge in [0.15, 0.2) is 5.65 Å². The summed E-state index contributed by atoms with van der Waals surface area (Å²) in [6.45, 7) is 2.47. The van der Waals surface area contributed by atoms with E-state index >= 15 is 0 Å². The monoisotopic (exact) mass is 569 g/mol. The standard InChI is InChI=1S/C30H32ClN9O/c1-36(2)13-12-34-30-38(4)29(41)25-27(24-14-20(15-32)16-37(24)3)40(35-28(25)39(30)17-19-8-9-19)18-21-10-11-33-26-22(21)6-5-7-23(26)31/h5-7,10-11,14,16,19H,8-9,12-13,17-18H2,1-4H3. The molecule has 210 valence electrons. The van der Waals surface area contributed by atoms with Crippen molar-refractivity contribution in [3.05, 3.63) is 74.8 Å². The van der Waals surface area contributed by atoms with Crippen LogP contribution in [0.15, 0.2) is 52.5 Å². The highest BCUT2D eigenvalue weighted by Gasteiger charge is 2.28. The minimum atomic E-state index is -0.167. The number of halogens is 1. The summed E-state index contributed by atoms with van der Waals surface area (Å²) >= 11 is 6.48. The maximum absolute atomic E-state index is 14.1. The number of aromatic nitrogens is 6. The fourth-order valence-electron chi connectivity index (χ4n) is 5.37. The van der Waals surface area contributed by atoms with Gasteiger partial charge in [0.05, 0.1) is 34.9 Å². The van der Waals surface area contributed by atoms with Gasteiger partial charge >= 0.3 is 0 Å². The molecule has 1 fully saturated rings. The predicted molar refractivity (Wildman–Crippen MR) is 160 cm³/mol. The zero-order valence-corrected chi connectivity index (χ0v) is 24.4. The summed E-state index contributed by atoms with van der Waals surface area (Å²) in [5.74, 6) is 0.531. The number of pyridine rings is 1. The fourth-order valence-corrected chi connectivity index (χ4v) is 5.59. The molecule has 0 bridgehead atoms. The van der Waals surface area contributed by atoms with Crippen LogP contribution in [0.2, 0.25) is 5.02 Å². The van der Waals surface area contributed by atoms with Gasteiger partial charge in [-0.1, -0.05) is 23.7 Å². The summed E-state index contributed by atoms with van der Waals surface area (Å²) in [7, 11) is 7.68. The molecular weight excluding hydrogens is 538 g/mol. The van der Waals surface area contributed by atoms with Gasteiger partial charge in [-0.05, 0) is 56.6 Å². The second-order valence-corrected chi connectivity index (χ2v) is 11.5. The number of para-hydroxylation sites is 1. The lowest BCUT2D eigenvalue weighted by atomic mass is 10.1. The van der Waals surface area contributed by atoms with Crippen LogP contribution in [0.5, 0.6) is 0 Å². The number of rotatable bonds is 8. The van der Waals surface area contributed by atoms with Crippen LogP contribution in [0, 0.1) is 17.2 Å². The normalized spacial score (nSPS) is 14.0. The molecule has 11 heteroatoms. The maximum atomic E-state index is 14.1. The minimum Gasteiger partial charge on any atom is -0.348 e. The third kappa shape index (κ3) is 4.96. The Morgan fingerprint density at radius 2 is 2.02 bits per heavy atom. The molecule has 0 radical (unpaired) electrons. The van der Waals surface area contributed by atoms with Crippen molar-refractivity contribution < 1.29 is 0 Å². The van der Waals surface area contributed by atoms with Crippen molar-refractivity contribution in [1.29, 1.82) is 5.26 Å². The Morgan fingerprint density at radius 1 is 1.22 bits per heavy atom. The Hall–Kier alpha value is -4.20. The molecular formula is C30H32ClN9O. The van der Waals surface area contributed by atoms with Crippen molar-refractivity contribution >= 4 is 33.5 Å². The van der Waals surface area contributed by atoms with Crippen molar-refractivity contribution in [2.24, 2.45) is 25.0 Å². The molecule has 10 nitrogen and oxygen atoms in total. The smallest absolute Gasteiger partial charge is 0.266 e. The van der Waals surface area contributed by atoms with Crippen LogP contribution in [0.4, 0.5) is 0 Å². The van der Waals surface area contributed by atoms with E-state index in [-0.39, 0.29) is 5.56 Å². The van der Waals surface area contributed by atoms with Crippen LogP contribution in [0.25, 0.3) is 33.3 Å². The van der Waals surface area contributed by atoms with Crippen molar-refractivity contribution in [2.45, 2.75) is 25.9 Å². The highest BCUT2D eigenvalue weighted by Crippen LogP contribution is 2.33. The Balaban J connectivity index is 1.65. The number of fused-ring (bicyclic) bond motifs is 2. The van der Waals surface area contributed by atoms with E-state index in [4.69, 9.17) is 21.7 Å². The summed E-state index contributed by atoms with van der Waals surface area (Å²) in [4.78, 5) is 25.6. The zero-order chi connectivity index (χ0) is 28.8. The van der Waals surface area contributed by atoms with Crippen LogP contribution in [0.3, 0.4) is 0 Å². The predicted octanol–water partition coefficient (Wildman–Crippen LogP) is 3.54. The lowest BCUT2D eigenvalue weighted by Crippen LogP contribution is -2.40. The van der Waals surface area contributed by atoms with E-state index in [0.29, 0.717) is 51.9 Å². The number of hydrogen-bond acceptors (Lipinski definition) is 6. The molecule has 4 aromatic heterocycles. The molecule has 0 saturated heterocycles. The van der Waals surface area contributed by atoms with E-state index in [0.717, 1.165) is 48.1 Å². The van der Waals surface area contributed by atoms with Gasteiger partial charge in [-0.25, -0.2) is 0 Å². The maximum Gasteiger partial charge on any atom is 0.266 e. The minimum absolute atomic E-state index is 0.167. The molecule has 5 aromatic rings. The van der Waals surface area contributed by atoms with Crippen molar-refractivity contribution in [2.75, 3.05) is 27.2 Å². The van der Waals surface area contributed by atoms with E-state index in [9.17, 15) is 10.1 Å². The second-order valence-electron chi connectivity index (χ2n) is 11.1. The Bertz CT molecular complexity index is 1960. The lowest BCUT2D eigenvalue weighted by molar-refractivity contribution is 0.415. The van der Waals surface area contributed by atoms with Crippen LogP contribution in [0.1, 0.15) is 24.0 Å². The molecule has 1 aromatic carbocycles. The van der Waals surface area contributed by atoms with Crippen LogP contribution in [-0.2, 0) is 27.2 Å². The molecule has 1 saturated carbocycles. The number of likely N-dealkylation sites (N-methyl/N-ethyl adjacent to an activating group) is 1. The van der Waals surface area contributed by atoms with E-state index in [1.807, 2.05) is 60.7 Å². The lowest BCUT2D eigenvalue weighted by Gasteiger charge is -2.13. The largest absolute Gasteiger partial charge is 0.348 e. The van der Waals surface area contributed by atoms with Gasteiger partial charge in [0.2, 0.25) is 5.62 Å². The Morgan fingerprint density at radius 3 is 2.73 bits per heavy atom. The summed E-state index contributed by atoms with van der Waals surface area (Å²) in [5.41, 5.74) is 4.68. The van der Waals surface area contributed by atoms with Crippen LogP contribution in [-0.4, -0.2) is 60.6 Å². The Labute approximate surface area is 242 Å². The van der Waals surface area contributed by atoms with Gasteiger partial charge in [-0.3, -0.25) is 28.6 Å². The molecule has 0 unspecified atom stereocenters. The third-order valence-electron chi connectivity index (χ3n) is 7.70. The molecule has 4 heterocycles. The van der Waals surface area contributed by atoms with Gasteiger partial charge in [0.25, 0.3) is 5.56 Å². The number of nitrogens with zero attached hydrogens (tertiary/aromatic N) is 9. The quantitative estimate of drug-likeness (QED) is 0.284. The summed E-state index contributed by atoms with van der Waals surface area (Å²) in [5, 5.41) is 16.8. The average Bonchev–Trinajstić information content (AvgIpc) is 3.58. The summed E-state index contributed by atoms with van der Waals surface area (Å²) < 4.78 is 7.52. The molecule has 0 aliphatic heterocycles. The number of nitriles is 1. The molecule has 1 aliphatic carbocycles. The summed E-state index contributed by atoms with van der Waals surface area (Å²) in [6, 6.07) is 11.7. The number of hydrogen-bond donors (Lipinski definition) is 0. The van der Waals surface area contributed by atoms with Crippen LogP contribution < -0.4 is 11.2 Å². The van der Waals surface area contributed by atoms with Crippen LogP contribution >= 0.6 is 11.6 Å². The number of aryl methyl sites for hydroxylation is 1. The highest BCUT2D eigenvalue weighted by molar-refractivity contribution is 6.35. The molecule has 0 spiro atoms. The molecule has 0 N–H and O–H groups in total. The SMILES string of the molecule is CN(C)CCN=c1n(C)c(=O)c2c(-c3cc(C#N)cn3C)n(Cc3ccnc4c(Cl)cccc34)nc2n1CC1CC1. The van der Waals surface area contributed by atoms with Gasteiger partial charge in [0, 0.05) is 45.0 Å². The third-order valence-corrected chi connectivity index (χ3v) is 8.00. The topological polar surface area (TPSA) is 102 Å². The van der Waals surface area contributed by atoms with E-state index in [1.165, 1.54) is 0 Å². The van der Waals surface area contributed by atoms with Crippen molar-refractivity contribution in [1.82, 2.24) is 33.4 Å². The fraction of sp³-hybridized carbons (Fsp3) is 0.367. The molecule has 41 heavy (non-hydrogen) atoms. The molecule has 0 amide bonds. The van der Waals surface area contributed by atoms with Crippen molar-refractivity contribution in [3.8, 4) is 17.5 Å². The molecule has 6 rings (SSSR count). The highest BCUT2D eigenvalue weighted by atomic mass is 35.5. The van der Waals surface area contributed by atoms with Crippen molar-refractivity contribution in [3.63, 3.8) is 0 Å². The summed E-state index contributed by atoms with van der Waals surface area (Å²) in [6.07, 6.45) is 5.81. The zero-order valence-electron chi connectivity index (χ0n) is 23.7. The van der Waals surface area contributed by atoms with Gasteiger partial charge in [-0.15, -0.1) is 0 Å². The first-order valence-electron chi connectivity index (χ1n) is 13.7. The van der Waals surface area contributed by atoms with Gasteiger partial charge in [0.1, 0.15) is 17.1 Å². The van der Waals surface area contributed by atoms with E-state index < -0.39 is 0 Å². The first-order valence-corrected chi connectivity index (χ1v) is 14.1.